The molecule has 0 aliphatic heterocycles. The van der Waals surface area contributed by atoms with Crippen molar-refractivity contribution in [2.75, 3.05) is 13.2 Å². The van der Waals surface area contributed by atoms with Crippen LogP contribution in [0, 0.1) is 0 Å². The number of carbonyl (C=O) groups is 2. The number of ether oxygens (including phenoxy) is 1. The predicted molar refractivity (Wildman–Crippen MR) is 105 cm³/mol. The van der Waals surface area contributed by atoms with Gasteiger partial charge in [-0.1, -0.05) is 38.3 Å². The topological polar surface area (TPSA) is 81.4 Å². The minimum absolute atomic E-state index is 0.0556. The average molecular weight is 386 g/mol. The first-order valence-electron chi connectivity index (χ1n) is 9.07. The van der Waals surface area contributed by atoms with Crippen molar-refractivity contribution < 1.29 is 18.7 Å². The fraction of sp³-hybridized carbons (Fsp3) is 0.350. The molecule has 0 radical (unpaired) electrons. The van der Waals surface area contributed by atoms with Crippen LogP contribution in [-0.4, -0.2) is 30.0 Å². The van der Waals surface area contributed by atoms with Gasteiger partial charge in [0.25, 0.3) is 5.91 Å². The molecule has 6 nitrogen and oxygen atoms in total. The molecule has 0 aliphatic carbocycles. The lowest BCUT2D eigenvalue weighted by Gasteiger charge is -2.05. The third-order valence-electron chi connectivity index (χ3n) is 4.00. The van der Waals surface area contributed by atoms with E-state index in [1.54, 1.807) is 6.07 Å². The van der Waals surface area contributed by atoms with Gasteiger partial charge in [0.05, 0.1) is 10.2 Å². The summed E-state index contributed by atoms with van der Waals surface area (Å²) in [6.45, 7) is 2.41. The lowest BCUT2D eigenvalue weighted by atomic mass is 10.2. The maximum absolute atomic E-state index is 12.1. The van der Waals surface area contributed by atoms with E-state index in [0.29, 0.717) is 17.3 Å². The van der Waals surface area contributed by atoms with Gasteiger partial charge in [-0.2, -0.15) is 0 Å². The van der Waals surface area contributed by atoms with E-state index in [1.807, 2.05) is 24.3 Å². The molecule has 0 spiro atoms. The van der Waals surface area contributed by atoms with E-state index in [1.165, 1.54) is 17.4 Å². The monoisotopic (exact) mass is 386 g/mol. The number of hydrogen-bond acceptors (Lipinski definition) is 6. The second-order valence-electron chi connectivity index (χ2n) is 6.14. The number of para-hydroxylation sites is 1. The summed E-state index contributed by atoms with van der Waals surface area (Å²) in [6.07, 6.45) is 4.31. The third-order valence-corrected chi connectivity index (χ3v) is 5.05. The van der Waals surface area contributed by atoms with Gasteiger partial charge in [0.15, 0.2) is 17.4 Å². The van der Waals surface area contributed by atoms with Crippen LogP contribution in [0.15, 0.2) is 40.8 Å². The molecule has 0 saturated carbocycles. The predicted octanol–water partition coefficient (Wildman–Crippen LogP) is 4.41. The fourth-order valence-electron chi connectivity index (χ4n) is 2.57. The first-order valence-corrected chi connectivity index (χ1v) is 9.88. The van der Waals surface area contributed by atoms with Gasteiger partial charge in [0.1, 0.15) is 0 Å². The Bertz CT molecular complexity index is 882. The maximum atomic E-state index is 12.1. The van der Waals surface area contributed by atoms with Crippen molar-refractivity contribution in [1.29, 1.82) is 0 Å². The van der Waals surface area contributed by atoms with Crippen molar-refractivity contribution in [3.63, 3.8) is 0 Å². The normalized spacial score (nSPS) is 10.9. The van der Waals surface area contributed by atoms with E-state index in [0.717, 1.165) is 35.9 Å². The zero-order valence-electron chi connectivity index (χ0n) is 15.2. The molecular formula is C20H22N2O4S. The largest absolute Gasteiger partial charge is 0.450 e. The lowest BCUT2D eigenvalue weighted by molar-refractivity contribution is -0.124. The van der Waals surface area contributed by atoms with Crippen LogP contribution >= 0.6 is 11.3 Å². The lowest BCUT2D eigenvalue weighted by Crippen LogP contribution is -2.29. The van der Waals surface area contributed by atoms with Crippen molar-refractivity contribution in [3.8, 4) is 10.8 Å². The number of unbranched alkanes of at least 4 members (excludes halogenated alkanes) is 3. The highest BCUT2D eigenvalue weighted by atomic mass is 32.1. The number of esters is 1. The summed E-state index contributed by atoms with van der Waals surface area (Å²) < 4.78 is 11.6. The van der Waals surface area contributed by atoms with Crippen LogP contribution in [0.5, 0.6) is 0 Å². The first-order chi connectivity index (χ1) is 13.2. The molecule has 1 amide bonds. The van der Waals surface area contributed by atoms with Crippen LogP contribution in [0.25, 0.3) is 21.0 Å². The number of thiazole rings is 1. The third kappa shape index (κ3) is 5.17. The molecule has 27 heavy (non-hydrogen) atoms. The minimum Gasteiger partial charge on any atom is -0.450 e. The number of nitrogens with zero attached hydrogens (tertiary/aromatic N) is 1. The Morgan fingerprint density at radius 2 is 2.00 bits per heavy atom. The molecule has 3 rings (SSSR count). The number of carbonyl (C=O) groups excluding carboxylic acids is 2. The van der Waals surface area contributed by atoms with E-state index in [9.17, 15) is 9.59 Å². The van der Waals surface area contributed by atoms with E-state index >= 15 is 0 Å². The van der Waals surface area contributed by atoms with E-state index < -0.39 is 5.97 Å². The van der Waals surface area contributed by atoms with Gasteiger partial charge in [-0.05, 0) is 30.7 Å². The van der Waals surface area contributed by atoms with Crippen molar-refractivity contribution >= 4 is 33.4 Å². The molecule has 1 aromatic carbocycles. The number of nitrogens with one attached hydrogen (secondary N) is 1. The van der Waals surface area contributed by atoms with Gasteiger partial charge in [-0.3, -0.25) is 4.79 Å². The van der Waals surface area contributed by atoms with Crippen molar-refractivity contribution in [3.05, 3.63) is 42.2 Å². The molecule has 0 fully saturated rings. The fourth-order valence-corrected chi connectivity index (χ4v) is 3.50. The number of benzene rings is 1. The first kappa shape index (κ1) is 19.1. The van der Waals surface area contributed by atoms with Crippen LogP contribution in [0.4, 0.5) is 0 Å². The SMILES string of the molecule is CCCCCCNC(=O)COC(=O)c1ccc(-c2nc3ccccc3s2)o1. The van der Waals surface area contributed by atoms with Gasteiger partial charge >= 0.3 is 5.97 Å². The molecule has 2 heterocycles. The Hall–Kier alpha value is -2.67. The van der Waals surface area contributed by atoms with E-state index in [-0.39, 0.29) is 18.3 Å². The highest BCUT2D eigenvalue weighted by molar-refractivity contribution is 7.21. The molecule has 142 valence electrons. The number of fused-ring (bicyclic) bond motifs is 1. The molecule has 3 aromatic rings. The minimum atomic E-state index is -0.663. The maximum Gasteiger partial charge on any atom is 0.374 e. The summed E-state index contributed by atoms with van der Waals surface area (Å²) in [6, 6.07) is 11.0. The summed E-state index contributed by atoms with van der Waals surface area (Å²) in [5.74, 6) is -0.412. The van der Waals surface area contributed by atoms with Gasteiger partial charge in [0, 0.05) is 6.54 Å². The molecule has 2 aromatic heterocycles. The quantitative estimate of drug-likeness (QED) is 0.435. The second kappa shape index (κ2) is 9.32. The zero-order chi connectivity index (χ0) is 19.1. The molecule has 0 bridgehead atoms. The molecular weight excluding hydrogens is 364 g/mol. The highest BCUT2D eigenvalue weighted by Crippen LogP contribution is 2.31. The molecule has 0 aliphatic rings. The van der Waals surface area contributed by atoms with Crippen LogP contribution in [-0.2, 0) is 9.53 Å². The molecule has 0 atom stereocenters. The van der Waals surface area contributed by atoms with Crippen LogP contribution in [0.2, 0.25) is 0 Å². The summed E-state index contributed by atoms with van der Waals surface area (Å²) in [7, 11) is 0. The number of rotatable bonds is 9. The van der Waals surface area contributed by atoms with Crippen LogP contribution in [0.1, 0.15) is 43.2 Å². The van der Waals surface area contributed by atoms with Crippen molar-refractivity contribution in [2.24, 2.45) is 0 Å². The Labute approximate surface area is 161 Å². The highest BCUT2D eigenvalue weighted by Gasteiger charge is 2.17. The van der Waals surface area contributed by atoms with Crippen LogP contribution < -0.4 is 5.32 Å². The Kier molecular flexibility index (Phi) is 6.59. The zero-order valence-corrected chi connectivity index (χ0v) is 16.0. The number of amides is 1. The smallest absolute Gasteiger partial charge is 0.374 e. The van der Waals surface area contributed by atoms with Gasteiger partial charge < -0.3 is 14.5 Å². The van der Waals surface area contributed by atoms with E-state index in [4.69, 9.17) is 9.15 Å². The standard InChI is InChI=1S/C20H22N2O4S/c1-2-3-4-7-12-21-18(23)13-25-20(24)16-11-10-15(26-16)19-22-14-8-5-6-9-17(14)27-19/h5-6,8-11H,2-4,7,12-13H2,1H3,(H,21,23). The molecule has 1 N–H and O–H groups in total. The van der Waals surface area contributed by atoms with Gasteiger partial charge in [-0.15, -0.1) is 11.3 Å². The Morgan fingerprint density at radius 3 is 2.81 bits per heavy atom. The van der Waals surface area contributed by atoms with Crippen molar-refractivity contribution in [2.45, 2.75) is 32.6 Å². The molecule has 7 heteroatoms. The molecule has 0 unspecified atom stereocenters. The van der Waals surface area contributed by atoms with Crippen molar-refractivity contribution in [1.82, 2.24) is 10.3 Å². The van der Waals surface area contributed by atoms with Crippen LogP contribution in [0.3, 0.4) is 0 Å². The number of hydrogen-bond donors (Lipinski definition) is 1. The summed E-state index contributed by atoms with van der Waals surface area (Å²) in [5, 5.41) is 3.43. The van der Waals surface area contributed by atoms with E-state index in [2.05, 4.69) is 17.2 Å². The summed E-state index contributed by atoms with van der Waals surface area (Å²) in [5.41, 5.74) is 0.883. The average Bonchev–Trinajstić information content (AvgIpc) is 3.32. The second-order valence-corrected chi connectivity index (χ2v) is 7.17. The van der Waals surface area contributed by atoms with Gasteiger partial charge in [0.2, 0.25) is 5.76 Å². The summed E-state index contributed by atoms with van der Waals surface area (Å²) >= 11 is 1.49. The number of aromatic nitrogens is 1. The number of furan rings is 1. The summed E-state index contributed by atoms with van der Waals surface area (Å²) in [4.78, 5) is 28.3. The Balaban J connectivity index is 1.50. The Morgan fingerprint density at radius 1 is 1.15 bits per heavy atom. The van der Waals surface area contributed by atoms with Gasteiger partial charge in [-0.25, -0.2) is 9.78 Å². The molecule has 0 saturated heterocycles.